The summed E-state index contributed by atoms with van der Waals surface area (Å²) in [6.45, 7) is 0. The van der Waals surface area contributed by atoms with Crippen molar-refractivity contribution in [3.63, 3.8) is 0 Å². The van der Waals surface area contributed by atoms with E-state index >= 15 is 0 Å². The number of aromatic amines is 1. The fraction of sp³-hybridized carbons (Fsp3) is 0.320. The zero-order valence-corrected chi connectivity index (χ0v) is 18.7. The summed E-state index contributed by atoms with van der Waals surface area (Å²) in [7, 11) is 0. The van der Waals surface area contributed by atoms with Crippen molar-refractivity contribution in [2.45, 2.75) is 49.9 Å². The number of nitrogens with one attached hydrogen (secondary N) is 2. The Kier molecular flexibility index (Phi) is 5.82. The first-order valence-corrected chi connectivity index (χ1v) is 11.4. The van der Waals surface area contributed by atoms with Crippen LogP contribution in [0.2, 0.25) is 0 Å². The van der Waals surface area contributed by atoms with Crippen LogP contribution >= 0.6 is 0 Å². The Hall–Kier alpha value is -4.39. The molecule has 0 saturated heterocycles. The van der Waals surface area contributed by atoms with Gasteiger partial charge in [-0.2, -0.15) is 10.4 Å². The lowest BCUT2D eigenvalue weighted by atomic mass is 9.94. The monoisotopic (exact) mass is 473 g/mol. The van der Waals surface area contributed by atoms with Gasteiger partial charge in [0.1, 0.15) is 5.75 Å². The van der Waals surface area contributed by atoms with Crippen molar-refractivity contribution in [3.05, 3.63) is 75.0 Å². The number of nitro benzene ring substituents is 1. The number of hydrogen-bond donors (Lipinski definition) is 3. The van der Waals surface area contributed by atoms with Gasteiger partial charge in [-0.25, -0.2) is 4.79 Å². The van der Waals surface area contributed by atoms with Crippen LogP contribution in [0.4, 0.5) is 22.0 Å². The van der Waals surface area contributed by atoms with E-state index in [4.69, 9.17) is 9.84 Å². The highest BCUT2D eigenvalue weighted by atomic mass is 16.7. The number of fused-ring (bicyclic) bond motifs is 1. The third kappa shape index (κ3) is 4.53. The van der Waals surface area contributed by atoms with Gasteiger partial charge in [0, 0.05) is 41.1 Å². The van der Waals surface area contributed by atoms with Crippen molar-refractivity contribution in [1.82, 2.24) is 10.2 Å². The molecule has 1 saturated carbocycles. The molecule has 0 radical (unpaired) electrons. The van der Waals surface area contributed by atoms with Crippen LogP contribution < -0.4 is 10.1 Å². The van der Waals surface area contributed by atoms with E-state index in [1.165, 1.54) is 23.8 Å². The predicted octanol–water partition coefficient (Wildman–Crippen LogP) is 5.72. The molecule has 2 aliphatic carbocycles. The molecule has 2 aliphatic rings. The van der Waals surface area contributed by atoms with Crippen molar-refractivity contribution >= 4 is 23.3 Å². The topological polar surface area (TPSA) is 154 Å². The van der Waals surface area contributed by atoms with Gasteiger partial charge in [-0.3, -0.25) is 15.2 Å². The summed E-state index contributed by atoms with van der Waals surface area (Å²) in [4.78, 5) is 21.9. The second kappa shape index (κ2) is 9.10. The van der Waals surface area contributed by atoms with Crippen molar-refractivity contribution in [1.29, 1.82) is 5.26 Å². The predicted molar refractivity (Wildman–Crippen MR) is 126 cm³/mol. The molecule has 10 nitrogen and oxygen atoms in total. The molecule has 0 amide bonds. The standard InChI is InChI=1S/C25H23N5O5/c26-13-17-4-1-14-5-6-18(10-20(14)17)27-24-12-22(28-29-24)16-3-2-15(9-16)21-11-19(30(33)34)7-8-23(21)35-25(31)32/h5-8,10-12,15-17H,1-4,9H2,(H,31,32)(H2,27,28,29)/t15-,16+,17?/m1/s1. The van der Waals surface area contributed by atoms with Gasteiger partial charge >= 0.3 is 6.16 Å². The molecule has 1 unspecified atom stereocenters. The number of non-ortho nitro benzene ring substituents is 1. The summed E-state index contributed by atoms with van der Waals surface area (Å²) in [6.07, 6.45) is 2.57. The number of ether oxygens (including phenoxy) is 1. The number of nitro groups is 1. The fourth-order valence-electron chi connectivity index (χ4n) is 5.27. The average molecular weight is 473 g/mol. The van der Waals surface area contributed by atoms with E-state index in [-0.39, 0.29) is 29.2 Å². The Morgan fingerprint density at radius 2 is 2.00 bits per heavy atom. The molecule has 0 aliphatic heterocycles. The first kappa shape index (κ1) is 22.4. The number of hydrogen-bond acceptors (Lipinski definition) is 7. The van der Waals surface area contributed by atoms with E-state index in [0.29, 0.717) is 17.8 Å². The van der Waals surface area contributed by atoms with Crippen LogP contribution in [0.3, 0.4) is 0 Å². The number of benzene rings is 2. The summed E-state index contributed by atoms with van der Waals surface area (Å²) in [5, 5.41) is 40.5. The third-order valence-electron chi connectivity index (χ3n) is 6.96. The van der Waals surface area contributed by atoms with E-state index in [1.54, 1.807) is 0 Å². The first-order valence-electron chi connectivity index (χ1n) is 11.4. The average Bonchev–Trinajstić information content (AvgIpc) is 3.58. The Morgan fingerprint density at radius 3 is 2.77 bits per heavy atom. The van der Waals surface area contributed by atoms with Crippen LogP contribution in [-0.4, -0.2) is 26.4 Å². The summed E-state index contributed by atoms with van der Waals surface area (Å²) >= 11 is 0. The molecule has 1 fully saturated rings. The number of aryl methyl sites for hydroxylation is 1. The SMILES string of the molecule is N#CC1CCc2ccc(Nc3cc([C@H]4CC[C@@H](c5cc([N+](=O)[O-])ccc5OC(=O)O)C4)[nH]n3)cc21. The summed E-state index contributed by atoms with van der Waals surface area (Å²) < 4.78 is 4.90. The molecule has 2 aromatic carbocycles. The van der Waals surface area contributed by atoms with Gasteiger partial charge in [-0.15, -0.1) is 0 Å². The zero-order chi connectivity index (χ0) is 24.5. The molecule has 1 heterocycles. The molecule has 3 N–H and O–H groups in total. The highest BCUT2D eigenvalue weighted by molar-refractivity contribution is 5.63. The molecular formula is C25H23N5O5. The third-order valence-corrected chi connectivity index (χ3v) is 6.96. The minimum Gasteiger partial charge on any atom is -0.449 e. The van der Waals surface area contributed by atoms with Crippen LogP contribution in [0.15, 0.2) is 42.5 Å². The fourth-order valence-corrected chi connectivity index (χ4v) is 5.27. The highest BCUT2D eigenvalue weighted by Crippen LogP contribution is 2.47. The van der Waals surface area contributed by atoms with Crippen LogP contribution in [0.5, 0.6) is 5.75 Å². The molecule has 1 aromatic heterocycles. The van der Waals surface area contributed by atoms with Gasteiger partial charge in [-0.1, -0.05) is 6.07 Å². The quantitative estimate of drug-likeness (QED) is 0.178. The summed E-state index contributed by atoms with van der Waals surface area (Å²) in [5.41, 5.74) is 4.55. The number of carbonyl (C=O) groups is 1. The van der Waals surface area contributed by atoms with Crippen molar-refractivity contribution < 1.29 is 19.6 Å². The van der Waals surface area contributed by atoms with Crippen LogP contribution in [0.1, 0.15) is 65.8 Å². The Bertz CT molecular complexity index is 1340. The minimum absolute atomic E-state index is 0.0688. The van der Waals surface area contributed by atoms with E-state index in [0.717, 1.165) is 42.6 Å². The lowest BCUT2D eigenvalue weighted by molar-refractivity contribution is -0.385. The van der Waals surface area contributed by atoms with Gasteiger partial charge in [0.2, 0.25) is 0 Å². The van der Waals surface area contributed by atoms with Crippen LogP contribution in [-0.2, 0) is 6.42 Å². The van der Waals surface area contributed by atoms with Crippen LogP contribution in [0.25, 0.3) is 0 Å². The van der Waals surface area contributed by atoms with Gasteiger partial charge < -0.3 is 15.2 Å². The first-order chi connectivity index (χ1) is 16.9. The normalized spacial score (nSPS) is 20.7. The number of aromatic nitrogens is 2. The second-order valence-corrected chi connectivity index (χ2v) is 9.02. The van der Waals surface area contributed by atoms with E-state index < -0.39 is 11.1 Å². The number of nitriles is 1. The van der Waals surface area contributed by atoms with Gasteiger partial charge in [0.05, 0.1) is 16.9 Å². The molecule has 5 rings (SSSR count). The Morgan fingerprint density at radius 1 is 1.17 bits per heavy atom. The molecule has 3 aromatic rings. The lowest BCUT2D eigenvalue weighted by Crippen LogP contribution is -2.07. The molecule has 0 spiro atoms. The maximum atomic E-state index is 11.2. The number of nitrogens with zero attached hydrogens (tertiary/aromatic N) is 3. The largest absolute Gasteiger partial charge is 0.511 e. The number of H-pyrrole nitrogens is 1. The number of anilines is 2. The zero-order valence-electron chi connectivity index (χ0n) is 18.7. The lowest BCUT2D eigenvalue weighted by Gasteiger charge is -2.14. The van der Waals surface area contributed by atoms with Crippen molar-refractivity contribution in [2.24, 2.45) is 0 Å². The van der Waals surface area contributed by atoms with E-state index in [9.17, 15) is 20.2 Å². The van der Waals surface area contributed by atoms with Gasteiger partial charge in [0.25, 0.3) is 5.69 Å². The summed E-state index contributed by atoms with van der Waals surface area (Å²) in [6, 6.07) is 14.4. The maximum absolute atomic E-state index is 11.2. The van der Waals surface area contributed by atoms with Gasteiger partial charge in [0.15, 0.2) is 5.82 Å². The smallest absolute Gasteiger partial charge is 0.449 e. The molecule has 3 atom stereocenters. The molecule has 178 valence electrons. The Labute approximate surface area is 200 Å². The maximum Gasteiger partial charge on any atom is 0.511 e. The van der Waals surface area contributed by atoms with Crippen molar-refractivity contribution in [2.75, 3.05) is 5.32 Å². The van der Waals surface area contributed by atoms with Crippen molar-refractivity contribution in [3.8, 4) is 11.8 Å². The number of rotatable bonds is 6. The molecule has 35 heavy (non-hydrogen) atoms. The van der Waals surface area contributed by atoms with E-state index in [2.05, 4.69) is 27.6 Å². The minimum atomic E-state index is -1.45. The number of carboxylic acid groups (broad SMARTS) is 1. The summed E-state index contributed by atoms with van der Waals surface area (Å²) in [5.74, 6) is 0.797. The molecule has 10 heteroatoms. The highest BCUT2D eigenvalue weighted by Gasteiger charge is 2.32. The Balaban J connectivity index is 1.31. The second-order valence-electron chi connectivity index (χ2n) is 9.02. The van der Waals surface area contributed by atoms with E-state index in [1.807, 2.05) is 18.2 Å². The molecular weight excluding hydrogens is 450 g/mol. The molecule has 0 bridgehead atoms. The van der Waals surface area contributed by atoms with Crippen LogP contribution in [0, 0.1) is 21.4 Å². The van der Waals surface area contributed by atoms with Gasteiger partial charge in [-0.05, 0) is 67.3 Å².